The minimum atomic E-state index is 0.0350. The van der Waals surface area contributed by atoms with Gasteiger partial charge in [-0.15, -0.1) is 0 Å². The van der Waals surface area contributed by atoms with Crippen molar-refractivity contribution in [1.82, 2.24) is 14.9 Å². The molecule has 1 aromatic carbocycles. The van der Waals surface area contributed by atoms with Gasteiger partial charge in [0.1, 0.15) is 0 Å². The Morgan fingerprint density at radius 2 is 2.22 bits per heavy atom. The molecule has 3 rings (SSSR count). The molecule has 1 aliphatic rings. The highest BCUT2D eigenvalue weighted by atomic mass is 35.5. The van der Waals surface area contributed by atoms with Gasteiger partial charge in [0.15, 0.2) is 0 Å². The molecule has 1 amide bonds. The zero-order valence-corrected chi connectivity index (χ0v) is 14.0. The van der Waals surface area contributed by atoms with Crippen molar-refractivity contribution in [2.45, 2.75) is 19.3 Å². The van der Waals surface area contributed by atoms with Crippen LogP contribution in [0.2, 0.25) is 5.02 Å². The molecule has 1 heterocycles. The number of carbonyl (C=O) groups is 1. The fourth-order valence-electron chi connectivity index (χ4n) is 2.84. The van der Waals surface area contributed by atoms with Crippen LogP contribution < -0.4 is 5.32 Å². The van der Waals surface area contributed by atoms with Gasteiger partial charge in [0.2, 0.25) is 11.9 Å². The second-order valence-electron chi connectivity index (χ2n) is 5.97. The molecule has 1 atom stereocenters. The van der Waals surface area contributed by atoms with Gasteiger partial charge < -0.3 is 10.2 Å². The molecular weight excluding hydrogens is 312 g/mol. The summed E-state index contributed by atoms with van der Waals surface area (Å²) in [5, 5.41) is 3.83. The van der Waals surface area contributed by atoms with E-state index in [9.17, 15) is 4.79 Å². The van der Waals surface area contributed by atoms with Crippen LogP contribution in [0, 0.1) is 5.92 Å². The van der Waals surface area contributed by atoms with Crippen LogP contribution in [0.4, 0.5) is 11.6 Å². The molecule has 1 aromatic heterocycles. The summed E-state index contributed by atoms with van der Waals surface area (Å²) in [6, 6.07) is 7.44. The summed E-state index contributed by atoms with van der Waals surface area (Å²) in [5.74, 6) is 0.771. The Bertz CT molecular complexity index is 732. The Morgan fingerprint density at radius 1 is 1.39 bits per heavy atom. The third kappa shape index (κ3) is 3.62. The fourth-order valence-corrected chi connectivity index (χ4v) is 3.03. The van der Waals surface area contributed by atoms with E-state index in [1.54, 1.807) is 19.0 Å². The van der Waals surface area contributed by atoms with Crippen LogP contribution in [0.3, 0.4) is 0 Å². The monoisotopic (exact) mass is 330 g/mol. The van der Waals surface area contributed by atoms with Gasteiger partial charge in [0.25, 0.3) is 0 Å². The molecule has 0 saturated carbocycles. The molecule has 5 nitrogen and oxygen atoms in total. The summed E-state index contributed by atoms with van der Waals surface area (Å²) in [5.41, 5.74) is 2.94. The lowest BCUT2D eigenvalue weighted by molar-refractivity contribution is -0.133. The average Bonchev–Trinajstić information content (AvgIpc) is 2.53. The minimum absolute atomic E-state index is 0.0350. The molecule has 1 aliphatic carbocycles. The first-order valence-corrected chi connectivity index (χ1v) is 7.99. The second-order valence-corrected chi connectivity index (χ2v) is 6.41. The molecule has 0 bridgehead atoms. The van der Waals surface area contributed by atoms with Crippen LogP contribution in [-0.2, 0) is 17.6 Å². The van der Waals surface area contributed by atoms with Crippen LogP contribution in [0.1, 0.15) is 17.7 Å². The van der Waals surface area contributed by atoms with Gasteiger partial charge in [-0.05, 0) is 43.0 Å². The maximum Gasteiger partial charge on any atom is 0.227 e. The number of halogens is 1. The molecule has 1 N–H and O–H groups in total. The highest BCUT2D eigenvalue weighted by Gasteiger charge is 2.27. The molecule has 0 aliphatic heterocycles. The van der Waals surface area contributed by atoms with E-state index in [1.807, 2.05) is 30.5 Å². The minimum Gasteiger partial charge on any atom is -0.349 e. The number of benzene rings is 1. The standard InChI is InChI=1S/C17H19ClN4O/c1-22(2)16(23)11-6-7-15-12(8-11)10-19-17(21-15)20-14-5-3-4-13(18)9-14/h3-5,9-11H,6-8H2,1-2H3,(H,19,20,21). The van der Waals surface area contributed by atoms with Gasteiger partial charge in [0.05, 0.1) is 0 Å². The third-order valence-electron chi connectivity index (χ3n) is 4.02. The van der Waals surface area contributed by atoms with E-state index in [-0.39, 0.29) is 11.8 Å². The molecule has 2 aromatic rings. The summed E-state index contributed by atoms with van der Waals surface area (Å²) in [6.07, 6.45) is 4.16. The number of nitrogens with one attached hydrogen (secondary N) is 1. The largest absolute Gasteiger partial charge is 0.349 e. The predicted molar refractivity (Wildman–Crippen MR) is 91.0 cm³/mol. The first-order chi connectivity index (χ1) is 11.0. The Kier molecular flexibility index (Phi) is 4.48. The zero-order chi connectivity index (χ0) is 16.4. The number of amides is 1. The van der Waals surface area contributed by atoms with Crippen molar-refractivity contribution in [3.63, 3.8) is 0 Å². The number of fused-ring (bicyclic) bond motifs is 1. The molecule has 120 valence electrons. The van der Waals surface area contributed by atoms with Crippen molar-refractivity contribution in [1.29, 1.82) is 0 Å². The van der Waals surface area contributed by atoms with Gasteiger partial charge in [-0.1, -0.05) is 17.7 Å². The lowest BCUT2D eigenvalue weighted by Gasteiger charge is -2.25. The quantitative estimate of drug-likeness (QED) is 0.939. The highest BCUT2D eigenvalue weighted by Crippen LogP contribution is 2.26. The van der Waals surface area contributed by atoms with E-state index in [0.29, 0.717) is 17.4 Å². The third-order valence-corrected chi connectivity index (χ3v) is 4.26. The fraction of sp³-hybridized carbons (Fsp3) is 0.353. The molecule has 23 heavy (non-hydrogen) atoms. The van der Waals surface area contributed by atoms with Crippen molar-refractivity contribution in [3.8, 4) is 0 Å². The molecule has 0 fully saturated rings. The smallest absolute Gasteiger partial charge is 0.227 e. The van der Waals surface area contributed by atoms with Crippen LogP contribution in [-0.4, -0.2) is 34.9 Å². The maximum absolute atomic E-state index is 12.1. The van der Waals surface area contributed by atoms with Crippen molar-refractivity contribution < 1.29 is 4.79 Å². The van der Waals surface area contributed by atoms with Crippen molar-refractivity contribution in [2.24, 2.45) is 5.92 Å². The van der Waals surface area contributed by atoms with E-state index in [4.69, 9.17) is 11.6 Å². The summed E-state index contributed by atoms with van der Waals surface area (Å²) in [4.78, 5) is 22.7. The highest BCUT2D eigenvalue weighted by molar-refractivity contribution is 6.30. The SMILES string of the molecule is CN(C)C(=O)C1CCc2nc(Nc3cccc(Cl)c3)ncc2C1. The molecule has 6 heteroatoms. The molecule has 1 unspecified atom stereocenters. The number of anilines is 2. The topological polar surface area (TPSA) is 58.1 Å². The van der Waals surface area contributed by atoms with Crippen molar-refractivity contribution >= 4 is 29.1 Å². The maximum atomic E-state index is 12.1. The zero-order valence-electron chi connectivity index (χ0n) is 13.2. The normalized spacial score (nSPS) is 16.6. The molecule has 0 saturated heterocycles. The summed E-state index contributed by atoms with van der Waals surface area (Å²) < 4.78 is 0. The van der Waals surface area contributed by atoms with Crippen LogP contribution >= 0.6 is 11.6 Å². The predicted octanol–water partition coefficient (Wildman–Crippen LogP) is 3.07. The molecule has 0 spiro atoms. The van der Waals surface area contributed by atoms with E-state index >= 15 is 0 Å². The second kappa shape index (κ2) is 6.54. The number of aryl methyl sites for hydroxylation is 1. The van der Waals surface area contributed by atoms with E-state index in [0.717, 1.165) is 29.8 Å². The van der Waals surface area contributed by atoms with E-state index < -0.39 is 0 Å². The Labute approximate surface area is 140 Å². The number of aromatic nitrogens is 2. The number of hydrogen-bond acceptors (Lipinski definition) is 4. The summed E-state index contributed by atoms with van der Waals surface area (Å²) >= 11 is 5.98. The number of nitrogens with zero attached hydrogens (tertiary/aromatic N) is 3. The van der Waals surface area contributed by atoms with Gasteiger partial charge in [-0.2, -0.15) is 0 Å². The first kappa shape index (κ1) is 15.7. The molecular formula is C17H19ClN4O. The summed E-state index contributed by atoms with van der Waals surface area (Å²) in [6.45, 7) is 0. The Hall–Kier alpha value is -2.14. The number of carbonyl (C=O) groups excluding carboxylic acids is 1. The van der Waals surface area contributed by atoms with Gasteiger partial charge >= 0.3 is 0 Å². The van der Waals surface area contributed by atoms with Crippen molar-refractivity contribution in [2.75, 3.05) is 19.4 Å². The van der Waals surface area contributed by atoms with Crippen LogP contribution in [0.5, 0.6) is 0 Å². The van der Waals surface area contributed by atoms with Gasteiger partial charge in [-0.3, -0.25) is 4.79 Å². The summed E-state index contributed by atoms with van der Waals surface area (Å²) in [7, 11) is 3.60. The van der Waals surface area contributed by atoms with E-state index in [1.165, 1.54) is 0 Å². The number of rotatable bonds is 3. The molecule has 0 radical (unpaired) electrons. The van der Waals surface area contributed by atoms with E-state index in [2.05, 4.69) is 15.3 Å². The number of hydrogen-bond donors (Lipinski definition) is 1. The lowest BCUT2D eigenvalue weighted by atomic mass is 9.86. The van der Waals surface area contributed by atoms with Crippen molar-refractivity contribution in [3.05, 3.63) is 46.7 Å². The van der Waals surface area contributed by atoms with Gasteiger partial charge in [0, 0.05) is 42.6 Å². The Morgan fingerprint density at radius 3 is 2.96 bits per heavy atom. The van der Waals surface area contributed by atoms with Crippen LogP contribution in [0.15, 0.2) is 30.5 Å². The average molecular weight is 331 g/mol. The van der Waals surface area contributed by atoms with Crippen LogP contribution in [0.25, 0.3) is 0 Å². The first-order valence-electron chi connectivity index (χ1n) is 7.61. The lowest BCUT2D eigenvalue weighted by Crippen LogP contribution is -2.33. The van der Waals surface area contributed by atoms with Gasteiger partial charge in [-0.25, -0.2) is 9.97 Å². The Balaban J connectivity index is 1.75.